The Morgan fingerprint density at radius 1 is 1.15 bits per heavy atom. The number of aliphatic hydroxyl groups excluding tert-OH is 1. The van der Waals surface area contributed by atoms with E-state index in [0.717, 1.165) is 65.1 Å². The summed E-state index contributed by atoms with van der Waals surface area (Å²) in [5.41, 5.74) is 2.78. The fourth-order valence-corrected chi connectivity index (χ4v) is 3.41. The van der Waals surface area contributed by atoms with Crippen LogP contribution in [0.3, 0.4) is 0 Å². The Morgan fingerprint density at radius 2 is 1.85 bits per heavy atom. The third kappa shape index (κ3) is 8.82. The molecule has 1 amide bonds. The predicted molar refractivity (Wildman–Crippen MR) is 103 cm³/mol. The zero-order valence-electron chi connectivity index (χ0n) is 16.8. The molecule has 4 N–H and O–H groups in total. The van der Waals surface area contributed by atoms with Gasteiger partial charge in [0.2, 0.25) is 6.41 Å². The van der Waals surface area contributed by atoms with Crippen LogP contribution < -0.4 is 16.1 Å². The lowest BCUT2D eigenvalue weighted by Crippen LogP contribution is -2.47. The van der Waals surface area contributed by atoms with E-state index in [0.29, 0.717) is 19.7 Å². The molecule has 9 nitrogen and oxygen atoms in total. The van der Waals surface area contributed by atoms with Crippen LogP contribution in [0.25, 0.3) is 0 Å². The van der Waals surface area contributed by atoms with Gasteiger partial charge < -0.3 is 25.2 Å². The summed E-state index contributed by atoms with van der Waals surface area (Å²) in [4.78, 5) is 13.1. The summed E-state index contributed by atoms with van der Waals surface area (Å²) < 4.78 is 11.4. The molecule has 0 aromatic heterocycles. The van der Waals surface area contributed by atoms with E-state index in [1.54, 1.807) is 0 Å². The van der Waals surface area contributed by atoms with Crippen molar-refractivity contribution < 1.29 is 19.4 Å². The van der Waals surface area contributed by atoms with E-state index in [1.165, 1.54) is 0 Å². The van der Waals surface area contributed by atoms with Crippen LogP contribution in [0.1, 0.15) is 26.7 Å². The van der Waals surface area contributed by atoms with Gasteiger partial charge >= 0.3 is 0 Å². The van der Waals surface area contributed by atoms with Crippen LogP contribution in [-0.2, 0) is 14.3 Å². The van der Waals surface area contributed by atoms with Crippen molar-refractivity contribution in [2.75, 3.05) is 65.5 Å². The summed E-state index contributed by atoms with van der Waals surface area (Å²) in [5.74, 6) is -0.632. The van der Waals surface area contributed by atoms with Gasteiger partial charge in [-0.3, -0.25) is 15.1 Å². The Morgan fingerprint density at radius 3 is 2.48 bits per heavy atom. The zero-order chi connectivity index (χ0) is 19.5. The normalized spacial score (nSPS) is 28.3. The van der Waals surface area contributed by atoms with Crippen LogP contribution in [0, 0.1) is 0 Å². The van der Waals surface area contributed by atoms with Crippen molar-refractivity contribution in [3.63, 3.8) is 0 Å². The number of nitrogens with zero attached hydrogens (tertiary/aromatic N) is 2. The Labute approximate surface area is 162 Å². The lowest BCUT2D eigenvalue weighted by molar-refractivity contribution is -0.152. The van der Waals surface area contributed by atoms with Gasteiger partial charge in [-0.15, -0.1) is 0 Å². The Hall–Kier alpha value is -0.810. The minimum Gasteiger partial charge on any atom is -0.389 e. The summed E-state index contributed by atoms with van der Waals surface area (Å²) in [6.07, 6.45) is 1.79. The van der Waals surface area contributed by atoms with Crippen molar-refractivity contribution in [3.8, 4) is 0 Å². The zero-order valence-corrected chi connectivity index (χ0v) is 16.8. The van der Waals surface area contributed by atoms with Crippen molar-refractivity contribution in [3.05, 3.63) is 0 Å². The summed E-state index contributed by atoms with van der Waals surface area (Å²) in [6.45, 7) is 11.6. The first-order valence-electron chi connectivity index (χ1n) is 10.1. The monoisotopic (exact) mass is 387 g/mol. The molecule has 2 aliphatic rings. The molecule has 0 bridgehead atoms. The fraction of sp³-hybridized carbons (Fsp3) is 0.944. The highest BCUT2D eigenvalue weighted by Gasteiger charge is 2.37. The molecule has 2 rings (SSSR count). The lowest BCUT2D eigenvalue weighted by Gasteiger charge is -2.30. The van der Waals surface area contributed by atoms with Gasteiger partial charge in [-0.05, 0) is 46.3 Å². The molecule has 0 aliphatic carbocycles. The van der Waals surface area contributed by atoms with Crippen molar-refractivity contribution in [1.29, 1.82) is 0 Å². The van der Waals surface area contributed by atoms with Crippen molar-refractivity contribution >= 4 is 6.41 Å². The molecule has 2 fully saturated rings. The van der Waals surface area contributed by atoms with Crippen LogP contribution in [0.5, 0.6) is 0 Å². The summed E-state index contributed by atoms with van der Waals surface area (Å²) >= 11 is 0. The second-order valence-corrected chi connectivity index (χ2v) is 7.68. The highest BCUT2D eigenvalue weighted by atomic mass is 16.7. The SMILES string of the molecule is CC1(C)OCC(C(O)CN2CCCNCCNCCCN(NC=O)CC2)O1. The molecule has 0 spiro atoms. The number of hydrogen-bond donors (Lipinski definition) is 4. The quantitative estimate of drug-likeness (QED) is 0.434. The number of hydrogen-bond acceptors (Lipinski definition) is 8. The molecule has 27 heavy (non-hydrogen) atoms. The van der Waals surface area contributed by atoms with Gasteiger partial charge in [0.25, 0.3) is 0 Å². The van der Waals surface area contributed by atoms with Crippen molar-refractivity contribution in [2.45, 2.75) is 44.7 Å². The van der Waals surface area contributed by atoms with Gasteiger partial charge in [-0.1, -0.05) is 0 Å². The molecule has 2 saturated heterocycles. The van der Waals surface area contributed by atoms with E-state index in [9.17, 15) is 9.90 Å². The van der Waals surface area contributed by atoms with Gasteiger partial charge in [0.05, 0.1) is 12.7 Å². The van der Waals surface area contributed by atoms with E-state index in [-0.39, 0.29) is 6.10 Å². The lowest BCUT2D eigenvalue weighted by atomic mass is 10.2. The molecule has 0 aromatic rings. The first kappa shape index (κ1) is 22.5. The van der Waals surface area contributed by atoms with Gasteiger partial charge in [-0.2, -0.15) is 0 Å². The molecule has 2 heterocycles. The second-order valence-electron chi connectivity index (χ2n) is 7.68. The molecule has 2 unspecified atom stereocenters. The Bertz CT molecular complexity index is 427. The number of rotatable bonds is 5. The number of hydrazine groups is 1. The fourth-order valence-electron chi connectivity index (χ4n) is 3.41. The average molecular weight is 388 g/mol. The number of ether oxygens (including phenoxy) is 2. The Balaban J connectivity index is 1.87. The first-order valence-corrected chi connectivity index (χ1v) is 10.1. The highest BCUT2D eigenvalue weighted by Crippen LogP contribution is 2.24. The average Bonchev–Trinajstić information content (AvgIpc) is 3.00. The van der Waals surface area contributed by atoms with E-state index < -0.39 is 11.9 Å². The van der Waals surface area contributed by atoms with Crippen LogP contribution >= 0.6 is 0 Å². The van der Waals surface area contributed by atoms with Crippen LogP contribution in [0.15, 0.2) is 0 Å². The third-order valence-corrected chi connectivity index (χ3v) is 4.91. The smallest absolute Gasteiger partial charge is 0.221 e. The topological polar surface area (TPSA) is 98.3 Å². The van der Waals surface area contributed by atoms with Crippen LogP contribution in [0.2, 0.25) is 0 Å². The summed E-state index contributed by atoms with van der Waals surface area (Å²) in [5, 5.41) is 19.4. The molecule has 0 aromatic carbocycles. The molecule has 2 aliphatic heterocycles. The standard InChI is InChI=1S/C18H37N5O4/c1-18(2)26-14-17(27-18)16(25)13-22-9-3-5-19-7-8-20-6-4-10-23(12-11-22)21-15-24/h15-17,19-20,25H,3-14H2,1-2H3,(H,21,24). The maximum Gasteiger partial charge on any atom is 0.221 e. The highest BCUT2D eigenvalue weighted by molar-refractivity contribution is 5.44. The van der Waals surface area contributed by atoms with E-state index >= 15 is 0 Å². The number of carbonyl (C=O) groups excluding carboxylic acids is 1. The van der Waals surface area contributed by atoms with E-state index in [4.69, 9.17) is 9.47 Å². The second kappa shape index (κ2) is 11.9. The van der Waals surface area contributed by atoms with Gasteiger partial charge in [0, 0.05) is 39.3 Å². The van der Waals surface area contributed by atoms with Crippen LogP contribution in [0.4, 0.5) is 0 Å². The summed E-state index contributed by atoms with van der Waals surface area (Å²) in [6, 6.07) is 0. The molecule has 2 atom stereocenters. The first-order chi connectivity index (χ1) is 13.0. The Kier molecular flexibility index (Phi) is 9.91. The number of nitrogens with one attached hydrogen (secondary N) is 3. The van der Waals surface area contributed by atoms with E-state index in [1.807, 2.05) is 18.9 Å². The van der Waals surface area contributed by atoms with Crippen molar-refractivity contribution in [1.82, 2.24) is 26.0 Å². The largest absolute Gasteiger partial charge is 0.389 e. The minimum absolute atomic E-state index is 0.304. The minimum atomic E-state index is -0.632. The maximum atomic E-state index is 10.9. The van der Waals surface area contributed by atoms with E-state index in [2.05, 4.69) is 21.0 Å². The molecule has 158 valence electrons. The van der Waals surface area contributed by atoms with Gasteiger partial charge in [0.15, 0.2) is 5.79 Å². The molecular weight excluding hydrogens is 350 g/mol. The number of amides is 1. The number of carbonyl (C=O) groups is 1. The molecule has 9 heteroatoms. The molecular formula is C18H37N5O4. The maximum absolute atomic E-state index is 10.9. The number of aliphatic hydroxyl groups is 1. The van der Waals surface area contributed by atoms with Gasteiger partial charge in [-0.25, -0.2) is 5.01 Å². The molecule has 0 radical (unpaired) electrons. The van der Waals surface area contributed by atoms with Crippen molar-refractivity contribution in [2.24, 2.45) is 0 Å². The predicted octanol–water partition coefficient (Wildman–Crippen LogP) is -1.26. The van der Waals surface area contributed by atoms with Crippen LogP contribution in [-0.4, -0.2) is 105 Å². The van der Waals surface area contributed by atoms with Gasteiger partial charge in [0.1, 0.15) is 6.10 Å². The molecule has 0 saturated carbocycles. The third-order valence-electron chi connectivity index (χ3n) is 4.91. The summed E-state index contributed by atoms with van der Waals surface area (Å²) in [7, 11) is 0. The number of β-amino-alcohol motifs (C(OH)–C–C–N with tert-alkyl or cyclic N) is 1.